The molecule has 0 N–H and O–H groups in total. The molecule has 3 aromatic rings. The Kier molecular flexibility index (Phi) is 9.76. The molecule has 0 amide bonds. The first-order valence-corrected chi connectivity index (χ1v) is 13.8. The van der Waals surface area contributed by atoms with Crippen LogP contribution in [-0.4, -0.2) is 28.4 Å². The van der Waals surface area contributed by atoms with Crippen molar-refractivity contribution in [2.45, 2.75) is 57.8 Å². The molecule has 0 saturated heterocycles. The Morgan fingerprint density at radius 2 is 1.42 bits per heavy atom. The SMILES string of the molecule is COc1ccc2c(CCCCCCCCCCOS(C)(=O)=O)c(-c3ccccc3)ccc2c1. The molecule has 0 bridgehead atoms. The van der Waals surface area contributed by atoms with E-state index in [1.165, 1.54) is 59.6 Å². The minimum absolute atomic E-state index is 0.305. The van der Waals surface area contributed by atoms with Crippen molar-refractivity contribution in [2.75, 3.05) is 20.0 Å². The Labute approximate surface area is 199 Å². The number of fused-ring (bicyclic) bond motifs is 1. The van der Waals surface area contributed by atoms with Gasteiger partial charge >= 0.3 is 0 Å². The van der Waals surface area contributed by atoms with E-state index in [-0.39, 0.29) is 0 Å². The van der Waals surface area contributed by atoms with Gasteiger partial charge in [0.1, 0.15) is 5.75 Å². The van der Waals surface area contributed by atoms with E-state index in [4.69, 9.17) is 8.92 Å². The van der Waals surface area contributed by atoms with Gasteiger partial charge in [-0.1, -0.05) is 87.1 Å². The molecule has 0 aliphatic rings. The Morgan fingerprint density at radius 1 is 0.758 bits per heavy atom. The molecular weight excluding hydrogens is 432 g/mol. The summed E-state index contributed by atoms with van der Waals surface area (Å²) in [5.41, 5.74) is 4.02. The molecule has 178 valence electrons. The van der Waals surface area contributed by atoms with Crippen LogP contribution in [0.3, 0.4) is 0 Å². The molecule has 0 unspecified atom stereocenters. The first-order valence-electron chi connectivity index (χ1n) is 12.0. The van der Waals surface area contributed by atoms with E-state index in [9.17, 15) is 8.42 Å². The van der Waals surface area contributed by atoms with Crippen LogP contribution in [-0.2, 0) is 20.7 Å². The maximum absolute atomic E-state index is 10.9. The first kappa shape index (κ1) is 25.3. The number of hydrogen-bond acceptors (Lipinski definition) is 4. The lowest BCUT2D eigenvalue weighted by molar-refractivity contribution is 0.309. The van der Waals surface area contributed by atoms with Crippen molar-refractivity contribution in [1.82, 2.24) is 0 Å². The zero-order chi connectivity index (χ0) is 23.5. The van der Waals surface area contributed by atoms with Crippen LogP contribution in [0.25, 0.3) is 21.9 Å². The predicted octanol–water partition coefficient (Wildman–Crippen LogP) is 7.15. The van der Waals surface area contributed by atoms with Crippen LogP contribution in [0.4, 0.5) is 0 Å². The van der Waals surface area contributed by atoms with Crippen molar-refractivity contribution in [3.8, 4) is 16.9 Å². The monoisotopic (exact) mass is 468 g/mol. The van der Waals surface area contributed by atoms with Gasteiger partial charge in [-0.05, 0) is 58.9 Å². The van der Waals surface area contributed by atoms with E-state index < -0.39 is 10.1 Å². The van der Waals surface area contributed by atoms with Crippen molar-refractivity contribution >= 4 is 20.9 Å². The third-order valence-corrected chi connectivity index (χ3v) is 6.64. The molecule has 33 heavy (non-hydrogen) atoms. The number of methoxy groups -OCH3 is 1. The summed E-state index contributed by atoms with van der Waals surface area (Å²) < 4.78 is 32.1. The summed E-state index contributed by atoms with van der Waals surface area (Å²) in [6.45, 7) is 0.305. The highest BCUT2D eigenvalue weighted by atomic mass is 32.2. The molecule has 0 radical (unpaired) electrons. The molecule has 4 nitrogen and oxygen atoms in total. The van der Waals surface area contributed by atoms with Crippen molar-refractivity contribution in [3.63, 3.8) is 0 Å². The van der Waals surface area contributed by atoms with E-state index >= 15 is 0 Å². The van der Waals surface area contributed by atoms with Crippen LogP contribution in [0.5, 0.6) is 5.75 Å². The lowest BCUT2D eigenvalue weighted by Crippen LogP contribution is -2.03. The number of rotatable bonds is 14. The molecule has 0 aliphatic carbocycles. The number of ether oxygens (including phenoxy) is 1. The van der Waals surface area contributed by atoms with Gasteiger partial charge in [-0.15, -0.1) is 0 Å². The minimum atomic E-state index is -3.30. The topological polar surface area (TPSA) is 52.6 Å². The molecule has 0 aromatic heterocycles. The summed E-state index contributed by atoms with van der Waals surface area (Å²) in [5.74, 6) is 0.892. The molecule has 0 fully saturated rings. The largest absolute Gasteiger partial charge is 0.497 e. The summed E-state index contributed by atoms with van der Waals surface area (Å²) in [7, 11) is -1.59. The molecule has 0 heterocycles. The average molecular weight is 469 g/mol. The third-order valence-electron chi connectivity index (χ3n) is 6.04. The van der Waals surface area contributed by atoms with E-state index in [1.807, 2.05) is 0 Å². The number of unbranched alkanes of at least 4 members (excludes halogenated alkanes) is 7. The van der Waals surface area contributed by atoms with Gasteiger partial charge in [-0.3, -0.25) is 4.18 Å². The molecule has 5 heteroatoms. The highest BCUT2D eigenvalue weighted by Gasteiger charge is 2.10. The van der Waals surface area contributed by atoms with Crippen LogP contribution in [0.15, 0.2) is 60.7 Å². The van der Waals surface area contributed by atoms with Crippen molar-refractivity contribution < 1.29 is 17.3 Å². The zero-order valence-corrected chi connectivity index (χ0v) is 20.7. The van der Waals surface area contributed by atoms with Gasteiger partial charge in [0.05, 0.1) is 20.0 Å². The van der Waals surface area contributed by atoms with Gasteiger partial charge in [-0.2, -0.15) is 8.42 Å². The van der Waals surface area contributed by atoms with Crippen molar-refractivity contribution in [1.29, 1.82) is 0 Å². The van der Waals surface area contributed by atoms with E-state index in [1.54, 1.807) is 7.11 Å². The van der Waals surface area contributed by atoms with Gasteiger partial charge in [0.15, 0.2) is 0 Å². The summed E-state index contributed by atoms with van der Waals surface area (Å²) in [5, 5.41) is 2.54. The highest BCUT2D eigenvalue weighted by Crippen LogP contribution is 2.33. The zero-order valence-electron chi connectivity index (χ0n) is 19.9. The van der Waals surface area contributed by atoms with Gasteiger partial charge in [0.25, 0.3) is 10.1 Å². The Morgan fingerprint density at radius 3 is 2.09 bits per heavy atom. The summed E-state index contributed by atoms with van der Waals surface area (Å²) in [6, 6.07) is 21.5. The highest BCUT2D eigenvalue weighted by molar-refractivity contribution is 7.85. The van der Waals surface area contributed by atoms with Gasteiger partial charge in [0.2, 0.25) is 0 Å². The van der Waals surface area contributed by atoms with Crippen LogP contribution in [0, 0.1) is 0 Å². The second-order valence-electron chi connectivity index (χ2n) is 8.65. The molecule has 0 spiro atoms. The predicted molar refractivity (Wildman–Crippen MR) is 137 cm³/mol. The minimum Gasteiger partial charge on any atom is -0.497 e. The standard InChI is InChI=1S/C28H36O4S/c1-31-25-18-20-27-24(22-25)17-19-26(23-14-10-9-11-15-23)28(27)16-12-7-5-3-4-6-8-13-21-32-33(2,29)30/h9-11,14-15,17-20,22H,3-8,12-13,16,21H2,1-2H3. The van der Waals surface area contributed by atoms with Gasteiger partial charge < -0.3 is 4.74 Å². The van der Waals surface area contributed by atoms with E-state index in [2.05, 4.69) is 60.7 Å². The second-order valence-corrected chi connectivity index (χ2v) is 10.3. The number of hydrogen-bond donors (Lipinski definition) is 0. The fraction of sp³-hybridized carbons (Fsp3) is 0.429. The molecule has 0 atom stereocenters. The van der Waals surface area contributed by atoms with Gasteiger partial charge in [0, 0.05) is 0 Å². The Hall–Kier alpha value is -2.37. The molecule has 3 aromatic carbocycles. The fourth-order valence-electron chi connectivity index (χ4n) is 4.33. The molecular formula is C28H36O4S. The summed E-state index contributed by atoms with van der Waals surface area (Å²) in [4.78, 5) is 0. The molecule has 0 aliphatic heterocycles. The maximum atomic E-state index is 10.9. The van der Waals surface area contributed by atoms with E-state index in [0.29, 0.717) is 6.61 Å². The Balaban J connectivity index is 1.51. The molecule has 3 rings (SSSR count). The lowest BCUT2D eigenvalue weighted by atomic mass is 9.90. The van der Waals surface area contributed by atoms with E-state index in [0.717, 1.165) is 37.7 Å². The molecule has 0 saturated carbocycles. The Bertz CT molecular complexity index is 1110. The normalized spacial score (nSPS) is 11.7. The van der Waals surface area contributed by atoms with Crippen LogP contribution >= 0.6 is 0 Å². The number of aryl methyl sites for hydroxylation is 1. The lowest BCUT2D eigenvalue weighted by Gasteiger charge is -2.15. The first-order chi connectivity index (χ1) is 16.0. The average Bonchev–Trinajstić information content (AvgIpc) is 2.81. The van der Waals surface area contributed by atoms with Crippen LogP contribution in [0.2, 0.25) is 0 Å². The van der Waals surface area contributed by atoms with Crippen molar-refractivity contribution in [3.05, 3.63) is 66.2 Å². The van der Waals surface area contributed by atoms with Crippen molar-refractivity contribution in [2.24, 2.45) is 0 Å². The third kappa shape index (κ3) is 8.17. The second kappa shape index (κ2) is 12.8. The fourth-order valence-corrected chi connectivity index (χ4v) is 4.75. The van der Waals surface area contributed by atoms with Crippen LogP contribution < -0.4 is 4.74 Å². The number of benzene rings is 3. The van der Waals surface area contributed by atoms with Crippen LogP contribution in [0.1, 0.15) is 56.9 Å². The smallest absolute Gasteiger partial charge is 0.264 e. The quantitative estimate of drug-likeness (QED) is 0.186. The van der Waals surface area contributed by atoms with Gasteiger partial charge in [-0.25, -0.2) is 0 Å². The summed E-state index contributed by atoms with van der Waals surface area (Å²) >= 11 is 0. The summed E-state index contributed by atoms with van der Waals surface area (Å²) in [6.07, 6.45) is 11.2. The maximum Gasteiger partial charge on any atom is 0.264 e.